The number of hydrogen-bond acceptors (Lipinski definition) is 4. The summed E-state index contributed by atoms with van der Waals surface area (Å²) in [5.41, 5.74) is 0. The number of benzene rings is 1. The van der Waals surface area contributed by atoms with Gasteiger partial charge in [0.2, 0.25) is 10.0 Å². The normalized spacial score (nSPS) is 18.5. The summed E-state index contributed by atoms with van der Waals surface area (Å²) in [6, 6.07) is 7.10. The molecule has 0 spiro atoms. The van der Waals surface area contributed by atoms with E-state index in [1.165, 1.54) is 11.3 Å². The van der Waals surface area contributed by atoms with Crippen molar-refractivity contribution in [1.82, 2.24) is 10.0 Å². The Morgan fingerprint density at radius 1 is 1.36 bits per heavy atom. The molecule has 1 fully saturated rings. The van der Waals surface area contributed by atoms with Gasteiger partial charge in [-0.3, -0.25) is 0 Å². The number of thiophene rings is 1. The van der Waals surface area contributed by atoms with Crippen LogP contribution < -0.4 is 10.0 Å². The molecule has 2 N–H and O–H groups in total. The summed E-state index contributed by atoms with van der Waals surface area (Å²) in [6.45, 7) is 2.52. The molecule has 2 aromatic rings. The molecule has 1 aromatic heterocycles. The van der Waals surface area contributed by atoms with E-state index in [-0.39, 0.29) is 12.4 Å². The van der Waals surface area contributed by atoms with Crippen LogP contribution in [0.5, 0.6) is 0 Å². The molecule has 3 rings (SSSR count). The molecule has 1 aliphatic heterocycles. The first-order valence-corrected chi connectivity index (χ1v) is 9.62. The quantitative estimate of drug-likeness (QED) is 0.836. The third-order valence-corrected chi connectivity index (χ3v) is 7.01. The Hall–Kier alpha value is -0.370. The van der Waals surface area contributed by atoms with Gasteiger partial charge >= 0.3 is 0 Å². The lowest BCUT2D eigenvalue weighted by Crippen LogP contribution is -2.26. The molecule has 2 heterocycles. The molecular weight excluding hydrogens is 363 g/mol. The van der Waals surface area contributed by atoms with E-state index in [4.69, 9.17) is 11.6 Å². The third-order valence-electron chi connectivity index (χ3n) is 3.73. The minimum absolute atomic E-state index is 0. The zero-order valence-corrected chi connectivity index (χ0v) is 15.0. The first kappa shape index (κ1) is 18.0. The SMILES string of the molecule is Cl.O=S(=O)(NCCC1CCNC1)c1cc2cc(Cl)ccc2s1. The van der Waals surface area contributed by atoms with E-state index in [1.807, 2.05) is 6.07 Å². The zero-order valence-electron chi connectivity index (χ0n) is 11.8. The van der Waals surface area contributed by atoms with Crippen LogP contribution in [0, 0.1) is 5.92 Å². The van der Waals surface area contributed by atoms with Crippen LogP contribution >= 0.6 is 35.3 Å². The van der Waals surface area contributed by atoms with Crippen LogP contribution in [0.1, 0.15) is 12.8 Å². The Morgan fingerprint density at radius 2 is 2.18 bits per heavy atom. The fourth-order valence-corrected chi connectivity index (χ4v) is 5.20. The Morgan fingerprint density at radius 3 is 2.91 bits per heavy atom. The fourth-order valence-electron chi connectivity index (χ4n) is 2.55. The largest absolute Gasteiger partial charge is 0.316 e. The van der Waals surface area contributed by atoms with Crippen LogP contribution in [-0.4, -0.2) is 28.1 Å². The van der Waals surface area contributed by atoms with Gasteiger partial charge in [-0.2, -0.15) is 0 Å². The lowest BCUT2D eigenvalue weighted by molar-refractivity contribution is 0.520. The average molecular weight is 381 g/mol. The smallest absolute Gasteiger partial charge is 0.250 e. The molecular formula is C14H18Cl2N2O2S2. The molecule has 1 atom stereocenters. The van der Waals surface area contributed by atoms with E-state index >= 15 is 0 Å². The van der Waals surface area contributed by atoms with Crippen molar-refractivity contribution >= 4 is 55.5 Å². The number of nitrogens with one attached hydrogen (secondary N) is 2. The molecule has 122 valence electrons. The summed E-state index contributed by atoms with van der Waals surface area (Å²) in [4.78, 5) is 0. The predicted molar refractivity (Wildman–Crippen MR) is 94.9 cm³/mol. The van der Waals surface area contributed by atoms with Gasteiger partial charge in [-0.05, 0) is 61.5 Å². The van der Waals surface area contributed by atoms with Gasteiger partial charge in [0.15, 0.2) is 0 Å². The number of fused-ring (bicyclic) bond motifs is 1. The number of hydrogen-bond donors (Lipinski definition) is 2. The van der Waals surface area contributed by atoms with Crippen molar-refractivity contribution in [2.75, 3.05) is 19.6 Å². The summed E-state index contributed by atoms with van der Waals surface area (Å²) in [5, 5.41) is 4.77. The molecule has 1 unspecified atom stereocenters. The van der Waals surface area contributed by atoms with Gasteiger partial charge in [0.05, 0.1) is 0 Å². The van der Waals surface area contributed by atoms with Crippen molar-refractivity contribution in [1.29, 1.82) is 0 Å². The van der Waals surface area contributed by atoms with Crippen LogP contribution in [0.3, 0.4) is 0 Å². The molecule has 0 saturated carbocycles. The highest BCUT2D eigenvalue weighted by Crippen LogP contribution is 2.30. The Kier molecular flexibility index (Phi) is 6.10. The Balaban J connectivity index is 0.00000176. The maximum Gasteiger partial charge on any atom is 0.250 e. The minimum atomic E-state index is -3.42. The highest BCUT2D eigenvalue weighted by molar-refractivity contribution is 7.91. The molecule has 0 radical (unpaired) electrons. The van der Waals surface area contributed by atoms with Crippen molar-refractivity contribution in [2.45, 2.75) is 17.1 Å². The van der Waals surface area contributed by atoms with Crippen molar-refractivity contribution in [3.8, 4) is 0 Å². The molecule has 0 bridgehead atoms. The highest BCUT2D eigenvalue weighted by atomic mass is 35.5. The van der Waals surface area contributed by atoms with E-state index < -0.39 is 10.0 Å². The van der Waals surface area contributed by atoms with Crippen molar-refractivity contribution in [2.24, 2.45) is 5.92 Å². The number of sulfonamides is 1. The van der Waals surface area contributed by atoms with Gasteiger partial charge in [0, 0.05) is 16.3 Å². The van der Waals surface area contributed by atoms with E-state index in [0.717, 1.165) is 36.0 Å². The second kappa shape index (κ2) is 7.47. The van der Waals surface area contributed by atoms with Crippen molar-refractivity contribution in [3.05, 3.63) is 29.3 Å². The molecule has 0 aliphatic carbocycles. The van der Waals surface area contributed by atoms with Crippen LogP contribution in [0.4, 0.5) is 0 Å². The van der Waals surface area contributed by atoms with E-state index in [1.54, 1.807) is 18.2 Å². The summed E-state index contributed by atoms with van der Waals surface area (Å²) < 4.78 is 28.6. The van der Waals surface area contributed by atoms with Crippen LogP contribution in [0.25, 0.3) is 10.1 Å². The predicted octanol–water partition coefficient (Wildman–Crippen LogP) is 3.25. The van der Waals surface area contributed by atoms with Gasteiger partial charge in [-0.15, -0.1) is 23.7 Å². The topological polar surface area (TPSA) is 58.2 Å². The molecule has 22 heavy (non-hydrogen) atoms. The van der Waals surface area contributed by atoms with E-state index in [2.05, 4.69) is 10.0 Å². The molecule has 1 aliphatic rings. The molecule has 0 amide bonds. The molecule has 8 heteroatoms. The van der Waals surface area contributed by atoms with Crippen LogP contribution in [-0.2, 0) is 10.0 Å². The fraction of sp³-hybridized carbons (Fsp3) is 0.429. The second-order valence-electron chi connectivity index (χ2n) is 5.29. The van der Waals surface area contributed by atoms with Crippen LogP contribution in [0.15, 0.2) is 28.5 Å². The van der Waals surface area contributed by atoms with Crippen molar-refractivity contribution in [3.63, 3.8) is 0 Å². The molecule has 1 aromatic carbocycles. The first-order chi connectivity index (χ1) is 10.0. The monoisotopic (exact) mass is 380 g/mol. The summed E-state index contributed by atoms with van der Waals surface area (Å²) in [7, 11) is -3.42. The summed E-state index contributed by atoms with van der Waals surface area (Å²) in [6.07, 6.45) is 2.01. The number of halogens is 2. The van der Waals surface area contributed by atoms with Gasteiger partial charge in [-0.1, -0.05) is 11.6 Å². The van der Waals surface area contributed by atoms with Crippen LogP contribution in [0.2, 0.25) is 5.02 Å². The zero-order chi connectivity index (χ0) is 14.9. The maximum absolute atomic E-state index is 12.3. The number of rotatable bonds is 5. The average Bonchev–Trinajstić information content (AvgIpc) is 3.06. The third kappa shape index (κ3) is 4.13. The lowest BCUT2D eigenvalue weighted by Gasteiger charge is -2.08. The lowest BCUT2D eigenvalue weighted by atomic mass is 10.1. The second-order valence-corrected chi connectivity index (χ2v) is 8.81. The van der Waals surface area contributed by atoms with Gasteiger partial charge < -0.3 is 5.32 Å². The Bertz CT molecular complexity index is 740. The maximum atomic E-state index is 12.3. The summed E-state index contributed by atoms with van der Waals surface area (Å²) in [5.74, 6) is 0.578. The van der Waals surface area contributed by atoms with E-state index in [9.17, 15) is 8.42 Å². The van der Waals surface area contributed by atoms with Gasteiger partial charge in [-0.25, -0.2) is 13.1 Å². The minimum Gasteiger partial charge on any atom is -0.316 e. The Labute approximate surface area is 145 Å². The molecule has 1 saturated heterocycles. The highest BCUT2D eigenvalue weighted by Gasteiger charge is 2.19. The first-order valence-electron chi connectivity index (χ1n) is 6.94. The molecule has 4 nitrogen and oxygen atoms in total. The van der Waals surface area contributed by atoms with Crippen molar-refractivity contribution < 1.29 is 8.42 Å². The summed E-state index contributed by atoms with van der Waals surface area (Å²) >= 11 is 7.21. The van der Waals surface area contributed by atoms with Gasteiger partial charge in [0.1, 0.15) is 4.21 Å². The van der Waals surface area contributed by atoms with Gasteiger partial charge in [0.25, 0.3) is 0 Å². The standard InChI is InChI=1S/C14H17ClN2O2S2.ClH/c15-12-1-2-13-11(7-12)8-14(20-13)21(18,19)17-6-4-10-3-5-16-9-10;/h1-2,7-8,10,16-17H,3-6,9H2;1H. The van der Waals surface area contributed by atoms with E-state index in [0.29, 0.717) is 21.7 Å².